The zero-order valence-corrected chi connectivity index (χ0v) is 7.51. The van der Waals surface area contributed by atoms with Crippen molar-refractivity contribution in [2.24, 2.45) is 0 Å². The van der Waals surface area contributed by atoms with Crippen LogP contribution in [0.3, 0.4) is 0 Å². The lowest BCUT2D eigenvalue weighted by Crippen LogP contribution is -2.15. The molecule has 1 aliphatic carbocycles. The van der Waals surface area contributed by atoms with E-state index in [1.165, 1.54) is 24.0 Å². The van der Waals surface area contributed by atoms with E-state index in [2.05, 4.69) is 36.5 Å². The van der Waals surface area contributed by atoms with Gasteiger partial charge in [-0.2, -0.15) is 0 Å². The van der Waals surface area contributed by atoms with E-state index in [-0.39, 0.29) is 0 Å². The second-order valence-electron chi connectivity index (χ2n) is 3.58. The van der Waals surface area contributed by atoms with Crippen LogP contribution >= 0.6 is 0 Å². The molecular weight excluding hydrogens is 146 g/mol. The summed E-state index contributed by atoms with van der Waals surface area (Å²) in [5, 5.41) is 3.51. The quantitative estimate of drug-likeness (QED) is 0.717. The fourth-order valence-electron chi connectivity index (χ4n) is 1.35. The Labute approximate surface area is 73.8 Å². The van der Waals surface area contributed by atoms with Gasteiger partial charge in [-0.1, -0.05) is 24.3 Å². The number of hydrogen-bond acceptors (Lipinski definition) is 1. The van der Waals surface area contributed by atoms with Crippen molar-refractivity contribution in [3.63, 3.8) is 0 Å². The van der Waals surface area contributed by atoms with Gasteiger partial charge < -0.3 is 5.32 Å². The molecule has 1 aromatic rings. The van der Waals surface area contributed by atoms with Gasteiger partial charge in [-0.25, -0.2) is 0 Å². The van der Waals surface area contributed by atoms with Crippen molar-refractivity contribution in [1.29, 1.82) is 0 Å². The Morgan fingerprint density at radius 1 is 1.33 bits per heavy atom. The lowest BCUT2D eigenvalue weighted by atomic mass is 10.1. The van der Waals surface area contributed by atoms with Crippen LogP contribution in [0.15, 0.2) is 24.3 Å². The first-order valence-electron chi connectivity index (χ1n) is 4.64. The maximum absolute atomic E-state index is 3.51. The summed E-state index contributed by atoms with van der Waals surface area (Å²) in [6.07, 6.45) is 2.73. The fourth-order valence-corrected chi connectivity index (χ4v) is 1.35. The normalized spacial score (nSPS) is 16.4. The van der Waals surface area contributed by atoms with Crippen LogP contribution in [0.5, 0.6) is 0 Å². The van der Waals surface area contributed by atoms with E-state index in [1.807, 2.05) is 0 Å². The van der Waals surface area contributed by atoms with Crippen LogP contribution in [-0.2, 0) is 6.54 Å². The highest BCUT2D eigenvalue weighted by atomic mass is 14.9. The van der Waals surface area contributed by atoms with Gasteiger partial charge in [-0.05, 0) is 30.9 Å². The molecule has 0 aromatic heterocycles. The van der Waals surface area contributed by atoms with Crippen LogP contribution in [0.2, 0.25) is 0 Å². The van der Waals surface area contributed by atoms with Crippen LogP contribution in [0.25, 0.3) is 0 Å². The highest BCUT2D eigenvalue weighted by molar-refractivity contribution is 5.25. The van der Waals surface area contributed by atoms with Crippen LogP contribution in [0.4, 0.5) is 0 Å². The SMILES string of the molecule is Cc1ccccc1CNC1CC1. The zero-order valence-electron chi connectivity index (χ0n) is 7.51. The third-order valence-electron chi connectivity index (χ3n) is 2.42. The van der Waals surface area contributed by atoms with E-state index in [0.717, 1.165) is 12.6 Å². The molecule has 1 heteroatoms. The third kappa shape index (κ3) is 1.86. The van der Waals surface area contributed by atoms with Crippen molar-refractivity contribution in [3.8, 4) is 0 Å². The second-order valence-corrected chi connectivity index (χ2v) is 3.58. The summed E-state index contributed by atoms with van der Waals surface area (Å²) in [4.78, 5) is 0. The Morgan fingerprint density at radius 2 is 2.08 bits per heavy atom. The zero-order chi connectivity index (χ0) is 8.39. The van der Waals surface area contributed by atoms with Gasteiger partial charge in [-0.3, -0.25) is 0 Å². The minimum atomic E-state index is 0.810. The Bertz CT molecular complexity index is 263. The van der Waals surface area contributed by atoms with Gasteiger partial charge in [0.05, 0.1) is 0 Å². The summed E-state index contributed by atoms with van der Waals surface area (Å²) in [7, 11) is 0. The Hall–Kier alpha value is -0.820. The maximum atomic E-state index is 3.51. The summed E-state index contributed by atoms with van der Waals surface area (Å²) in [5.41, 5.74) is 2.83. The van der Waals surface area contributed by atoms with E-state index in [4.69, 9.17) is 0 Å². The lowest BCUT2D eigenvalue weighted by Gasteiger charge is -2.05. The minimum Gasteiger partial charge on any atom is -0.310 e. The van der Waals surface area contributed by atoms with E-state index < -0.39 is 0 Å². The number of benzene rings is 1. The van der Waals surface area contributed by atoms with E-state index >= 15 is 0 Å². The molecule has 12 heavy (non-hydrogen) atoms. The van der Waals surface area contributed by atoms with E-state index in [1.54, 1.807) is 0 Å². The monoisotopic (exact) mass is 161 g/mol. The molecular formula is C11H15N. The summed E-state index contributed by atoms with van der Waals surface area (Å²) in [6.45, 7) is 3.21. The Balaban J connectivity index is 1.96. The topological polar surface area (TPSA) is 12.0 Å². The van der Waals surface area contributed by atoms with Gasteiger partial charge in [0, 0.05) is 12.6 Å². The van der Waals surface area contributed by atoms with Crippen LogP contribution in [0.1, 0.15) is 24.0 Å². The van der Waals surface area contributed by atoms with Crippen molar-refractivity contribution >= 4 is 0 Å². The molecule has 0 heterocycles. The van der Waals surface area contributed by atoms with Gasteiger partial charge >= 0.3 is 0 Å². The van der Waals surface area contributed by atoms with Crippen molar-refractivity contribution in [3.05, 3.63) is 35.4 Å². The summed E-state index contributed by atoms with van der Waals surface area (Å²) >= 11 is 0. The first-order valence-corrected chi connectivity index (χ1v) is 4.64. The van der Waals surface area contributed by atoms with Crippen LogP contribution in [-0.4, -0.2) is 6.04 Å². The number of hydrogen-bond donors (Lipinski definition) is 1. The standard InChI is InChI=1S/C11H15N/c1-9-4-2-3-5-10(9)8-12-11-6-7-11/h2-5,11-12H,6-8H2,1H3. The predicted molar refractivity (Wildman–Crippen MR) is 51.0 cm³/mol. The Kier molecular flexibility index (Phi) is 2.13. The van der Waals surface area contributed by atoms with Gasteiger partial charge in [0.1, 0.15) is 0 Å². The number of rotatable bonds is 3. The molecule has 1 aromatic carbocycles. The minimum absolute atomic E-state index is 0.810. The molecule has 0 unspecified atom stereocenters. The van der Waals surface area contributed by atoms with Crippen molar-refractivity contribution in [1.82, 2.24) is 5.32 Å². The maximum Gasteiger partial charge on any atom is 0.0210 e. The number of nitrogens with one attached hydrogen (secondary N) is 1. The van der Waals surface area contributed by atoms with Crippen LogP contribution < -0.4 is 5.32 Å². The molecule has 1 nitrogen and oxygen atoms in total. The smallest absolute Gasteiger partial charge is 0.0210 e. The van der Waals surface area contributed by atoms with E-state index in [0.29, 0.717) is 0 Å². The van der Waals surface area contributed by atoms with Gasteiger partial charge in [0.15, 0.2) is 0 Å². The summed E-state index contributed by atoms with van der Waals surface area (Å²) < 4.78 is 0. The molecule has 64 valence electrons. The molecule has 0 saturated heterocycles. The predicted octanol–water partition coefficient (Wildman–Crippen LogP) is 2.25. The average Bonchev–Trinajstić information content (AvgIpc) is 2.86. The highest BCUT2D eigenvalue weighted by Gasteiger charge is 2.19. The summed E-state index contributed by atoms with van der Waals surface area (Å²) in [6, 6.07) is 9.38. The van der Waals surface area contributed by atoms with Crippen LogP contribution in [0, 0.1) is 6.92 Å². The molecule has 2 rings (SSSR count). The molecule has 1 fully saturated rings. The van der Waals surface area contributed by atoms with Crippen molar-refractivity contribution in [2.45, 2.75) is 32.4 Å². The molecule has 0 aliphatic heterocycles. The molecule has 0 atom stereocenters. The van der Waals surface area contributed by atoms with Gasteiger partial charge in [-0.15, -0.1) is 0 Å². The van der Waals surface area contributed by atoms with Gasteiger partial charge in [0.2, 0.25) is 0 Å². The largest absolute Gasteiger partial charge is 0.310 e. The molecule has 1 saturated carbocycles. The molecule has 0 spiro atoms. The average molecular weight is 161 g/mol. The third-order valence-corrected chi connectivity index (χ3v) is 2.42. The van der Waals surface area contributed by atoms with Gasteiger partial charge in [0.25, 0.3) is 0 Å². The molecule has 0 radical (unpaired) electrons. The number of aryl methyl sites for hydroxylation is 1. The summed E-state index contributed by atoms with van der Waals surface area (Å²) in [5.74, 6) is 0. The lowest BCUT2D eigenvalue weighted by molar-refractivity contribution is 0.685. The van der Waals surface area contributed by atoms with Crippen molar-refractivity contribution in [2.75, 3.05) is 0 Å². The first kappa shape index (κ1) is 7.81. The fraction of sp³-hybridized carbons (Fsp3) is 0.455. The second kappa shape index (κ2) is 3.28. The molecule has 1 aliphatic rings. The Morgan fingerprint density at radius 3 is 2.75 bits per heavy atom. The van der Waals surface area contributed by atoms with E-state index in [9.17, 15) is 0 Å². The molecule has 1 N–H and O–H groups in total. The molecule has 0 bridgehead atoms. The van der Waals surface area contributed by atoms with Crippen molar-refractivity contribution < 1.29 is 0 Å². The first-order chi connectivity index (χ1) is 5.86. The molecule has 0 amide bonds. The highest BCUT2D eigenvalue weighted by Crippen LogP contribution is 2.19.